The highest BCUT2D eigenvalue weighted by Crippen LogP contribution is 2.44. The molecule has 3 aromatic rings. The van der Waals surface area contributed by atoms with Crippen LogP contribution in [0.25, 0.3) is 0 Å². The lowest BCUT2D eigenvalue weighted by molar-refractivity contribution is 0.0997. The van der Waals surface area contributed by atoms with Gasteiger partial charge < -0.3 is 10.2 Å². The van der Waals surface area contributed by atoms with Gasteiger partial charge in [0.05, 0.1) is 10.5 Å². The SMILES string of the molecule is Cc1c(C2CC2)ccc(F)c1[C@@H](C)[C@@H](NS(=O)(=O)c1ccc(Cl)cc1C(N)=O)c1n[nH]c(=O)o1. The fourth-order valence-corrected chi connectivity index (χ4v) is 5.81. The Kier molecular flexibility index (Phi) is 6.36. The molecule has 1 saturated carbocycles. The van der Waals surface area contributed by atoms with E-state index in [0.29, 0.717) is 11.5 Å². The van der Waals surface area contributed by atoms with Crippen LogP contribution in [0.4, 0.5) is 4.39 Å². The Morgan fingerprint density at radius 1 is 1.32 bits per heavy atom. The van der Waals surface area contributed by atoms with Crippen molar-refractivity contribution in [1.29, 1.82) is 0 Å². The molecule has 0 unspecified atom stereocenters. The molecule has 0 saturated heterocycles. The maximum Gasteiger partial charge on any atom is 0.434 e. The second-order valence-electron chi connectivity index (χ2n) is 8.29. The molecular formula is C22H22ClFN4O5S. The van der Waals surface area contributed by atoms with Crippen molar-refractivity contribution in [2.45, 2.75) is 49.5 Å². The summed E-state index contributed by atoms with van der Waals surface area (Å²) in [5, 5.41) is 5.99. The van der Waals surface area contributed by atoms with E-state index in [1.165, 1.54) is 12.1 Å². The van der Waals surface area contributed by atoms with Crippen molar-refractivity contribution in [2.24, 2.45) is 5.73 Å². The zero-order valence-electron chi connectivity index (χ0n) is 18.3. The number of nitrogens with zero attached hydrogens (tertiary/aromatic N) is 1. The molecule has 1 aliphatic rings. The largest absolute Gasteiger partial charge is 0.434 e. The van der Waals surface area contributed by atoms with Crippen LogP contribution in [0.15, 0.2) is 44.4 Å². The maximum absolute atomic E-state index is 15.0. The Labute approximate surface area is 199 Å². The van der Waals surface area contributed by atoms with Crippen molar-refractivity contribution in [2.75, 3.05) is 0 Å². The van der Waals surface area contributed by atoms with Crippen molar-refractivity contribution in [1.82, 2.24) is 14.9 Å². The normalized spacial score (nSPS) is 15.8. The predicted molar refractivity (Wildman–Crippen MR) is 122 cm³/mol. The first kappa shape index (κ1) is 24.1. The van der Waals surface area contributed by atoms with E-state index in [-0.39, 0.29) is 22.0 Å². The van der Waals surface area contributed by atoms with Gasteiger partial charge in [-0.15, -0.1) is 5.10 Å². The van der Waals surface area contributed by atoms with Gasteiger partial charge in [0.2, 0.25) is 21.8 Å². The standard InChI is InChI=1S/C22H22ClFN4O5S/c1-10-14(12-3-4-12)6-7-16(24)18(10)11(2)19(21-26-27-22(30)33-21)28-34(31,32)17-8-5-13(23)9-15(17)20(25)29/h5-9,11-12,19,28H,3-4H2,1-2H3,(H2,25,29)(H,27,30)/t11-,19-/m1/s1. The van der Waals surface area contributed by atoms with E-state index in [0.717, 1.165) is 30.5 Å². The molecule has 1 fully saturated rings. The minimum atomic E-state index is -4.43. The quantitative estimate of drug-likeness (QED) is 0.425. The summed E-state index contributed by atoms with van der Waals surface area (Å²) in [4.78, 5) is 23.1. The van der Waals surface area contributed by atoms with Gasteiger partial charge in [-0.2, -0.15) is 4.72 Å². The van der Waals surface area contributed by atoms with E-state index in [4.69, 9.17) is 21.8 Å². The number of sulfonamides is 1. The number of aromatic nitrogens is 2. The zero-order valence-corrected chi connectivity index (χ0v) is 19.8. The molecule has 1 aliphatic carbocycles. The highest BCUT2D eigenvalue weighted by atomic mass is 35.5. The molecule has 2 aromatic carbocycles. The number of hydrogen-bond donors (Lipinski definition) is 3. The summed E-state index contributed by atoms with van der Waals surface area (Å²) in [7, 11) is -4.43. The van der Waals surface area contributed by atoms with Gasteiger partial charge in [0.1, 0.15) is 11.9 Å². The molecule has 4 rings (SSSR count). The second kappa shape index (κ2) is 8.97. The number of amides is 1. The summed E-state index contributed by atoms with van der Waals surface area (Å²) in [6.45, 7) is 3.38. The van der Waals surface area contributed by atoms with Gasteiger partial charge >= 0.3 is 5.76 Å². The average Bonchev–Trinajstić information content (AvgIpc) is 3.51. The number of primary amides is 1. The first-order valence-electron chi connectivity index (χ1n) is 10.5. The highest BCUT2D eigenvalue weighted by Gasteiger charge is 2.36. The monoisotopic (exact) mass is 508 g/mol. The number of hydrogen-bond acceptors (Lipinski definition) is 6. The Balaban J connectivity index is 1.81. The molecule has 0 radical (unpaired) electrons. The molecule has 34 heavy (non-hydrogen) atoms. The maximum atomic E-state index is 15.0. The molecule has 4 N–H and O–H groups in total. The van der Waals surface area contributed by atoms with Crippen LogP contribution in [0.2, 0.25) is 5.02 Å². The molecule has 0 aliphatic heterocycles. The lowest BCUT2D eigenvalue weighted by Crippen LogP contribution is -2.34. The van der Waals surface area contributed by atoms with E-state index in [9.17, 15) is 18.0 Å². The van der Waals surface area contributed by atoms with Crippen molar-refractivity contribution >= 4 is 27.5 Å². The molecule has 12 heteroatoms. The van der Waals surface area contributed by atoms with Gasteiger partial charge in [-0.1, -0.05) is 24.6 Å². The van der Waals surface area contributed by atoms with E-state index >= 15 is 4.39 Å². The lowest BCUT2D eigenvalue weighted by atomic mass is 9.87. The molecule has 2 atom stereocenters. The third-order valence-electron chi connectivity index (χ3n) is 5.98. The summed E-state index contributed by atoms with van der Waals surface area (Å²) in [5.74, 6) is -3.23. The lowest BCUT2D eigenvalue weighted by Gasteiger charge is -2.25. The van der Waals surface area contributed by atoms with E-state index in [2.05, 4.69) is 14.9 Å². The van der Waals surface area contributed by atoms with E-state index < -0.39 is 44.4 Å². The van der Waals surface area contributed by atoms with Crippen molar-refractivity contribution in [3.05, 3.63) is 79.9 Å². The van der Waals surface area contributed by atoms with Crippen LogP contribution in [0.3, 0.4) is 0 Å². The Morgan fingerprint density at radius 2 is 2.03 bits per heavy atom. The number of halogens is 2. The van der Waals surface area contributed by atoms with Crippen molar-refractivity contribution in [3.63, 3.8) is 0 Å². The smallest absolute Gasteiger partial charge is 0.391 e. The van der Waals surface area contributed by atoms with Gasteiger partial charge in [-0.3, -0.25) is 4.79 Å². The molecule has 180 valence electrons. The Morgan fingerprint density at radius 3 is 2.62 bits per heavy atom. The first-order chi connectivity index (χ1) is 16.0. The van der Waals surface area contributed by atoms with Crippen LogP contribution in [0.1, 0.15) is 70.6 Å². The van der Waals surface area contributed by atoms with Crippen molar-refractivity contribution < 1.29 is 22.0 Å². The van der Waals surface area contributed by atoms with Gasteiger partial charge in [-0.25, -0.2) is 22.7 Å². The van der Waals surface area contributed by atoms with E-state index in [1.807, 2.05) is 0 Å². The minimum absolute atomic E-state index is 0.116. The third-order valence-corrected chi connectivity index (χ3v) is 7.71. The Bertz CT molecular complexity index is 1430. The summed E-state index contributed by atoms with van der Waals surface area (Å²) >= 11 is 5.90. The summed E-state index contributed by atoms with van der Waals surface area (Å²) in [6.07, 6.45) is 1.99. The number of benzene rings is 2. The van der Waals surface area contributed by atoms with Gasteiger partial charge in [0.25, 0.3) is 0 Å². The summed E-state index contributed by atoms with van der Waals surface area (Å²) in [6, 6.07) is 5.35. The van der Waals surface area contributed by atoms with Crippen molar-refractivity contribution in [3.8, 4) is 0 Å². The molecule has 1 heterocycles. The van der Waals surface area contributed by atoms with E-state index in [1.54, 1.807) is 19.9 Å². The Hall–Kier alpha value is -3.02. The molecule has 9 nitrogen and oxygen atoms in total. The van der Waals surface area contributed by atoms with Crippen LogP contribution in [-0.4, -0.2) is 24.5 Å². The minimum Gasteiger partial charge on any atom is -0.391 e. The molecule has 1 aromatic heterocycles. The van der Waals surface area contributed by atoms with Crippen LogP contribution in [0.5, 0.6) is 0 Å². The number of carbonyl (C=O) groups excluding carboxylic acids is 1. The number of H-pyrrole nitrogens is 1. The number of rotatable bonds is 8. The first-order valence-corrected chi connectivity index (χ1v) is 12.3. The van der Waals surface area contributed by atoms with Crippen LogP contribution < -0.4 is 16.2 Å². The topological polar surface area (TPSA) is 148 Å². The predicted octanol–water partition coefficient (Wildman–Crippen LogP) is 3.26. The van der Waals surface area contributed by atoms with Gasteiger partial charge in [0.15, 0.2) is 0 Å². The number of aromatic amines is 1. The van der Waals surface area contributed by atoms with Crippen LogP contribution in [-0.2, 0) is 10.0 Å². The fourth-order valence-electron chi connectivity index (χ4n) is 4.18. The average molecular weight is 509 g/mol. The fraction of sp³-hybridized carbons (Fsp3) is 0.318. The van der Waals surface area contributed by atoms with Crippen LogP contribution in [0, 0.1) is 12.7 Å². The second-order valence-corrected chi connectivity index (χ2v) is 10.4. The van der Waals surface area contributed by atoms with Gasteiger partial charge in [-0.05, 0) is 66.6 Å². The number of carbonyl (C=O) groups is 1. The number of nitrogens with one attached hydrogen (secondary N) is 2. The zero-order chi connectivity index (χ0) is 24.8. The molecule has 0 spiro atoms. The molecule has 0 bridgehead atoms. The molecule has 1 amide bonds. The summed E-state index contributed by atoms with van der Waals surface area (Å²) < 4.78 is 49.2. The highest BCUT2D eigenvalue weighted by molar-refractivity contribution is 7.89. The van der Waals surface area contributed by atoms with Gasteiger partial charge in [0, 0.05) is 10.9 Å². The molecular weight excluding hydrogens is 487 g/mol. The summed E-state index contributed by atoms with van der Waals surface area (Å²) in [5.41, 5.74) is 6.98. The number of nitrogens with two attached hydrogens (primary N) is 1. The van der Waals surface area contributed by atoms with Crippen LogP contribution >= 0.6 is 11.6 Å². The third kappa shape index (κ3) is 4.63.